The molecule has 0 aliphatic heterocycles. The van der Waals surface area contributed by atoms with Gasteiger partial charge >= 0.3 is 0 Å². The molecule has 0 bridgehead atoms. The molecule has 0 fully saturated rings. The zero-order valence-electron chi connectivity index (χ0n) is 61.5. The molecule has 2 N–H and O–H groups in total. The van der Waals surface area contributed by atoms with Crippen molar-refractivity contribution in [3.05, 3.63) is 0 Å². The highest BCUT2D eigenvalue weighted by Gasteiger charge is 1.84. The number of hydrogen-bond donors (Lipinski definition) is 1. The minimum atomic E-state index is 1.31. The van der Waals surface area contributed by atoms with E-state index in [-0.39, 0.29) is 0 Å². The molecule has 0 amide bonds. The minimum absolute atomic E-state index is 1.31. The molecule has 0 radical (unpaired) electrons. The van der Waals surface area contributed by atoms with E-state index in [0.717, 1.165) is 0 Å². The molecular weight excluding hydrogens is 1920 g/mol. The molecule has 0 aromatic heterocycles. The van der Waals surface area contributed by atoms with Gasteiger partial charge in [0.15, 0.2) is 0 Å². The summed E-state index contributed by atoms with van der Waals surface area (Å²) in [6.07, 6.45) is 1.31. The van der Waals surface area contributed by atoms with E-state index < -0.39 is 0 Å². The molecule has 0 saturated heterocycles. The number of rotatable bonds is 66. The van der Waals surface area contributed by atoms with Gasteiger partial charge in [-0.1, -0.05) is 5.22 Å². The van der Waals surface area contributed by atoms with E-state index in [9.17, 15) is 0 Å². The normalized spacial score (nSPS) is 15.7. The summed E-state index contributed by atoms with van der Waals surface area (Å²) in [7, 11) is 0. The summed E-state index contributed by atoms with van der Waals surface area (Å²) in [5, 5.41) is 409. The Bertz CT molecular complexity index is 5040. The smallest absolute Gasteiger partial charge is 0.227 e. The first-order valence-corrected chi connectivity index (χ1v) is 27.3. The number of nitriles is 1. The first-order valence-electron chi connectivity index (χ1n) is 27.3. The number of nitrogens with two attached hydrogens (primary N) is 1. The van der Waals surface area contributed by atoms with Gasteiger partial charge in [0.25, 0.3) is 0 Å². The van der Waals surface area contributed by atoms with Crippen molar-refractivity contribution in [2.45, 2.75) is 0 Å². The lowest BCUT2D eigenvalue weighted by atomic mass is 11.5. The Morgan fingerprint density at radius 2 is 0.117 bits per heavy atom. The third kappa shape index (κ3) is 108. The third-order valence-corrected chi connectivity index (χ3v) is 5.38. The van der Waals surface area contributed by atoms with Gasteiger partial charge in [0.05, 0.1) is 0 Å². The Labute approximate surface area is 716 Å². The topological polar surface area (TPSA) is 1710 Å². The highest BCUT2D eigenvalue weighted by molar-refractivity contribution is 4.56. The largest absolute Gasteiger partial charge is 0.303 e. The average molecular weight is 1920 g/mol. The average Bonchev–Trinajstić information content (AvgIpc) is 1.11. The Kier molecular flexibility index (Phi) is 86.7. The van der Waals surface area contributed by atoms with Gasteiger partial charge in [-0.15, -0.1) is 0 Å². The molecule has 0 atom stereocenters. The van der Waals surface area contributed by atoms with E-state index >= 15 is 0 Å². The Morgan fingerprint density at radius 3 is 0.161 bits per heavy atom. The van der Waals surface area contributed by atoms with E-state index in [1.54, 1.807) is 0 Å². The molecule has 136 heteroatoms. The maximum atomic E-state index is 8.04. The summed E-state index contributed by atoms with van der Waals surface area (Å²) in [5.41, 5.74) is 0. The van der Waals surface area contributed by atoms with Crippen LogP contribution in [0.4, 0.5) is 0 Å². The second kappa shape index (κ2) is 108. The van der Waals surface area contributed by atoms with Crippen molar-refractivity contribution in [3.63, 3.8) is 0 Å². The standard InChI is InChI=1S/CH2N136/c2-1-4-6-8-10-12-14-16-18-20-22-24-26-28-30-32-34-36-38-40-42-44-46-48-50-52-54-56-58-60-62-64-66-68-70-72-74-76-78-80-82-84-86-88-90-92-94-96-98-100-102-104-106-108-110-112-114-116-118-120-122-124-126-128-130-132-134-136-137-135-133-131-129-127-125-123-121-119-117-115-113-111-109-107-105-103-101-99-97-95-93-91-89-87-85-83-81-79-77-75-73-71-69-67-65-63-61-59-57-55-53-51-49-47-45-43-41-39-37-35-33-31-29-27-25-23-21-19-17-15-13-11-9-7-5-3/h(H2,3,4,7,8,11,12,15,16,19,20,23,24,27,28,31,32,35,36,39,40,43,44,47,48,51,52,55,56,59,60,63,64,67,68,71,72,75,76,79,80,83,84,87,88,91,92,95,96,99,100,103,104,107,108,111,112,115,116,119,120,123,124,127,128,131,132,135,136). The molecule has 686 valence electrons. The van der Waals surface area contributed by atoms with Crippen LogP contribution < -0.4 is 5.84 Å². The lowest BCUT2D eigenvalue weighted by Gasteiger charge is -1.71. The maximum Gasteiger partial charge on any atom is 0.227 e. The second-order valence-corrected chi connectivity index (χ2v) is 12.1. The monoisotopic (exact) mass is 1920 g/mol. The fourth-order valence-corrected chi connectivity index (χ4v) is 2.39. The first-order chi connectivity index (χ1) is 68.4. The predicted molar refractivity (Wildman–Crippen MR) is 335 cm³/mol. The quantitative estimate of drug-likeness (QED) is 0.0269. The van der Waals surface area contributed by atoms with Gasteiger partial charge in [-0.25, -0.2) is 0 Å². The van der Waals surface area contributed by atoms with Crippen LogP contribution in [0, 0.1) is 11.5 Å². The van der Waals surface area contributed by atoms with Crippen LogP contribution in [0.25, 0.3) is 0 Å². The van der Waals surface area contributed by atoms with Crippen LogP contribution in [0.3, 0.4) is 0 Å². The SMILES string of the molecule is N#CN=N/N=N/N=N/N=N/N=N/N=N/N=N/N=N/N=N/N=N/N=N/N=N/N=N/N=N/N=N/N=N/N=N/N=N/N=N/N=N/N=N/N=N/N=N/N=N/N=N/N=N/N=N/N=N/N=N/N=N/N=N/N=N/N=N/N=N/N=N/N=N/N=N/N=N/N=N/N=N/N=N/N=N/N=N/N=N/N=N/N=N/N=N/N=N/N=N/N=N/N=N/N=N/N=N/N=N/N=N/N=N/N=N/N=N/N=N/N=N/N=N/N=N/N=N/N=N/N=N/N=N/N=N/N. The van der Waals surface area contributed by atoms with Gasteiger partial charge in [0.1, 0.15) is 0 Å². The van der Waals surface area contributed by atoms with Crippen molar-refractivity contribution in [1.29, 1.82) is 5.26 Å². The van der Waals surface area contributed by atoms with E-state index in [0.29, 0.717) is 0 Å². The molecular formula is CH2N136. The van der Waals surface area contributed by atoms with Crippen molar-refractivity contribution in [1.82, 2.24) is 0 Å². The predicted octanol–water partition coefficient (Wildman–Crippen LogP) is 24.0. The van der Waals surface area contributed by atoms with Gasteiger partial charge < -0.3 is 5.84 Å². The van der Waals surface area contributed by atoms with Crippen LogP contribution in [0.2, 0.25) is 0 Å². The molecule has 0 unspecified atom stereocenters. The molecule has 0 rings (SSSR count). The number of nitrogens with zero attached hydrogens (tertiary/aromatic N) is 135. The molecule has 0 aliphatic rings. The summed E-state index contributed by atoms with van der Waals surface area (Å²) in [4.78, 5) is 0. The van der Waals surface area contributed by atoms with Crippen molar-refractivity contribution >= 4 is 0 Å². The maximum absolute atomic E-state index is 8.04. The van der Waals surface area contributed by atoms with Gasteiger partial charge in [-0.2, -0.15) is 5.26 Å². The molecule has 0 aromatic rings. The van der Waals surface area contributed by atoms with Crippen molar-refractivity contribution < 1.29 is 0 Å². The van der Waals surface area contributed by atoms with Crippen LogP contribution in [0.15, 0.2) is 700 Å². The first kappa shape index (κ1) is 109. The summed E-state index contributed by atoms with van der Waals surface area (Å²) in [6.45, 7) is 0. The van der Waals surface area contributed by atoms with Crippen molar-refractivity contribution in [3.8, 4) is 6.19 Å². The minimum Gasteiger partial charge on any atom is -0.303 e. The van der Waals surface area contributed by atoms with E-state index in [2.05, 4.69) is 706 Å². The zero-order chi connectivity index (χ0) is 97.5. The molecule has 137 heavy (non-hydrogen) atoms. The third-order valence-electron chi connectivity index (χ3n) is 5.38. The summed E-state index contributed by atoms with van der Waals surface area (Å²) in [5.74, 6) is 4.64. The van der Waals surface area contributed by atoms with Gasteiger partial charge in [0.2, 0.25) is 6.19 Å². The molecule has 0 aliphatic carbocycles. The van der Waals surface area contributed by atoms with Crippen LogP contribution >= 0.6 is 0 Å². The van der Waals surface area contributed by atoms with Crippen LogP contribution in [-0.2, 0) is 0 Å². The van der Waals surface area contributed by atoms with Crippen LogP contribution in [0.1, 0.15) is 0 Å². The van der Waals surface area contributed by atoms with Gasteiger partial charge in [-0.05, 0) is 83.5 Å². The van der Waals surface area contributed by atoms with E-state index in [1.165, 1.54) is 6.19 Å². The lowest BCUT2D eigenvalue weighted by Crippen LogP contribution is -1.70. The highest BCUT2D eigenvalue weighted by atomic mass is 15.8. The highest BCUT2D eigenvalue weighted by Crippen LogP contribution is 2.02. The molecule has 136 nitrogen and oxygen atoms in total. The fraction of sp³-hybridized carbons (Fsp3) is 0. The Morgan fingerprint density at radius 1 is 0.0730 bits per heavy atom. The summed E-state index contributed by atoms with van der Waals surface area (Å²) < 4.78 is 0. The summed E-state index contributed by atoms with van der Waals surface area (Å²) >= 11 is 0. The Hall–Kier alpha value is -27.5. The molecule has 0 spiro atoms. The fourth-order valence-electron chi connectivity index (χ4n) is 2.39. The van der Waals surface area contributed by atoms with Crippen molar-refractivity contribution in [2.24, 2.45) is 706 Å². The lowest BCUT2D eigenvalue weighted by molar-refractivity contribution is 0.722. The number of hydrogen-bond acceptors (Lipinski definition) is 3. The van der Waals surface area contributed by atoms with Crippen LogP contribution in [0.5, 0.6) is 0 Å². The molecule has 0 aromatic carbocycles. The second-order valence-electron chi connectivity index (χ2n) is 12.1. The Balaban J connectivity index is 4.14. The van der Waals surface area contributed by atoms with Gasteiger partial charge in [0, 0.05) is 611 Å². The van der Waals surface area contributed by atoms with E-state index in [1.807, 2.05) is 0 Å². The van der Waals surface area contributed by atoms with Crippen molar-refractivity contribution in [2.75, 3.05) is 0 Å². The summed E-state index contributed by atoms with van der Waals surface area (Å²) in [6, 6.07) is 0. The van der Waals surface area contributed by atoms with E-state index in [4.69, 9.17) is 5.26 Å². The van der Waals surface area contributed by atoms with Crippen LogP contribution in [-0.4, -0.2) is 0 Å². The molecule has 0 saturated carbocycles. The van der Waals surface area contributed by atoms with Gasteiger partial charge in [-0.3, -0.25) is 0 Å². The molecule has 0 heterocycles. The zero-order valence-corrected chi connectivity index (χ0v) is 61.5.